The number of ether oxygens (including phenoxy) is 1. The van der Waals surface area contributed by atoms with E-state index in [2.05, 4.69) is 4.99 Å². The van der Waals surface area contributed by atoms with E-state index in [0.717, 1.165) is 0 Å². The van der Waals surface area contributed by atoms with E-state index in [-0.39, 0.29) is 28.8 Å². The molecule has 0 spiro atoms. The molecule has 3 unspecified atom stereocenters. The van der Waals surface area contributed by atoms with E-state index in [1.165, 1.54) is 32.0 Å². The fraction of sp³-hybridized carbons (Fsp3) is 0.318. The summed E-state index contributed by atoms with van der Waals surface area (Å²) in [4.78, 5) is 39.9. The number of carboxylic acid groups (broad SMARTS) is 1. The molecule has 10 nitrogen and oxygen atoms in total. The predicted molar refractivity (Wildman–Crippen MR) is 130 cm³/mol. The van der Waals surface area contributed by atoms with Crippen molar-refractivity contribution in [1.29, 1.82) is 0 Å². The van der Waals surface area contributed by atoms with Gasteiger partial charge >= 0.3 is 11.9 Å². The molecule has 0 aliphatic heterocycles. The van der Waals surface area contributed by atoms with Crippen LogP contribution in [0, 0.1) is 5.92 Å². The highest BCUT2D eigenvalue weighted by atomic mass is 35.5. The van der Waals surface area contributed by atoms with Crippen LogP contribution in [-0.2, 0) is 25.5 Å². The molecule has 8 N–H and O–H groups in total. The van der Waals surface area contributed by atoms with Crippen molar-refractivity contribution < 1.29 is 28.9 Å². The van der Waals surface area contributed by atoms with Gasteiger partial charge < -0.3 is 31.9 Å². The normalized spacial score (nSPS) is 15.6. The summed E-state index contributed by atoms with van der Waals surface area (Å²) in [6, 6.07) is 12.8. The number of aliphatic carboxylic acids is 1. The third kappa shape index (κ3) is 6.15. The van der Waals surface area contributed by atoms with Crippen LogP contribution in [-0.4, -0.2) is 39.3 Å². The molecule has 12 heteroatoms. The van der Waals surface area contributed by atoms with Gasteiger partial charge in [-0.1, -0.05) is 55.8 Å². The van der Waals surface area contributed by atoms with Gasteiger partial charge in [-0.2, -0.15) is 0 Å². The lowest BCUT2D eigenvalue weighted by Gasteiger charge is -2.36. The number of guanidine groups is 1. The van der Waals surface area contributed by atoms with Gasteiger partial charge in [0.05, 0.1) is 11.6 Å². The van der Waals surface area contributed by atoms with Gasteiger partial charge in [-0.05, 0) is 35.2 Å². The van der Waals surface area contributed by atoms with Crippen LogP contribution in [0.15, 0.2) is 53.5 Å². The predicted octanol–water partition coefficient (Wildman–Crippen LogP) is 2.74. The van der Waals surface area contributed by atoms with Gasteiger partial charge in [0.25, 0.3) is 0 Å². The van der Waals surface area contributed by atoms with Crippen molar-refractivity contribution in [3.05, 3.63) is 64.7 Å². The van der Waals surface area contributed by atoms with E-state index in [9.17, 15) is 24.2 Å². The molecule has 0 bridgehead atoms. The second kappa shape index (κ2) is 11.0. The Kier molecular flexibility index (Phi) is 8.85. The van der Waals surface area contributed by atoms with Crippen molar-refractivity contribution in [3.8, 4) is 0 Å². The SMILES string of the molecule is CC(C)C(N)(C(=O)OCc1ccccc1)P(=O)(O)CC(C(=O)O)c1cc(N=C(N)N)ccc1Cl. The lowest BCUT2D eigenvalue weighted by Crippen LogP contribution is -2.53. The fourth-order valence-electron chi connectivity index (χ4n) is 3.35. The van der Waals surface area contributed by atoms with Crippen LogP contribution in [0.25, 0.3) is 0 Å². The fourth-order valence-corrected chi connectivity index (χ4v) is 5.90. The van der Waals surface area contributed by atoms with Gasteiger partial charge in [-0.25, -0.2) is 9.79 Å². The van der Waals surface area contributed by atoms with Crippen molar-refractivity contribution in [1.82, 2.24) is 0 Å². The molecular formula is C22H28ClN4O6P. The highest BCUT2D eigenvalue weighted by molar-refractivity contribution is 7.60. The molecule has 2 aromatic rings. The largest absolute Gasteiger partial charge is 0.481 e. The van der Waals surface area contributed by atoms with Crippen LogP contribution >= 0.6 is 19.0 Å². The molecular weight excluding hydrogens is 483 g/mol. The Morgan fingerprint density at radius 3 is 2.32 bits per heavy atom. The number of rotatable bonds is 10. The molecule has 0 amide bonds. The zero-order valence-corrected chi connectivity index (χ0v) is 20.4. The zero-order valence-electron chi connectivity index (χ0n) is 18.7. The summed E-state index contributed by atoms with van der Waals surface area (Å²) in [6.45, 7) is 2.80. The van der Waals surface area contributed by atoms with E-state index in [4.69, 9.17) is 33.5 Å². The molecule has 34 heavy (non-hydrogen) atoms. The highest BCUT2D eigenvalue weighted by Gasteiger charge is 2.55. The summed E-state index contributed by atoms with van der Waals surface area (Å²) in [5, 5.41) is 7.50. The lowest BCUT2D eigenvalue weighted by molar-refractivity contribution is -0.150. The number of aliphatic imine (C=N–C) groups is 1. The van der Waals surface area contributed by atoms with Crippen LogP contribution < -0.4 is 17.2 Å². The number of hydrogen-bond donors (Lipinski definition) is 5. The van der Waals surface area contributed by atoms with Gasteiger partial charge in [-0.15, -0.1) is 0 Å². The number of esters is 1. The first-order valence-corrected chi connectivity index (χ1v) is 12.5. The van der Waals surface area contributed by atoms with Crippen LogP contribution in [0.3, 0.4) is 0 Å². The average Bonchev–Trinajstić information content (AvgIpc) is 2.76. The van der Waals surface area contributed by atoms with Crippen molar-refractivity contribution >= 4 is 42.6 Å². The number of halogens is 1. The minimum atomic E-state index is -4.71. The van der Waals surface area contributed by atoms with Gasteiger partial charge in [0.15, 0.2) is 11.2 Å². The summed E-state index contributed by atoms with van der Waals surface area (Å²) >= 11 is 6.19. The first-order valence-electron chi connectivity index (χ1n) is 10.2. The smallest absolute Gasteiger partial charge is 0.336 e. The van der Waals surface area contributed by atoms with Crippen molar-refractivity contribution in [3.63, 3.8) is 0 Å². The standard InChI is InChI=1S/C22H28ClN4O6P/c1-13(2)22(26,20(30)33-11-14-6-4-3-5-7-14)34(31,32)12-17(19(28)29)16-10-15(27-21(24)25)8-9-18(16)23/h3-10,13,17H,11-12,26H2,1-2H3,(H,28,29)(H,31,32)(H4,24,25,27). The molecule has 2 rings (SSSR count). The second-order valence-electron chi connectivity index (χ2n) is 8.06. The molecule has 0 fully saturated rings. The first-order chi connectivity index (χ1) is 15.8. The molecule has 0 aliphatic rings. The number of carbonyl (C=O) groups is 2. The van der Waals surface area contributed by atoms with Crippen LogP contribution in [0.4, 0.5) is 5.69 Å². The van der Waals surface area contributed by atoms with Crippen LogP contribution in [0.1, 0.15) is 30.9 Å². The first kappa shape index (κ1) is 27.3. The monoisotopic (exact) mass is 510 g/mol. The molecule has 3 atom stereocenters. The molecule has 2 aromatic carbocycles. The van der Waals surface area contributed by atoms with Crippen LogP contribution in [0.5, 0.6) is 0 Å². The molecule has 0 heterocycles. The Balaban J connectivity index is 2.41. The maximum absolute atomic E-state index is 13.5. The van der Waals surface area contributed by atoms with Gasteiger partial charge in [0, 0.05) is 11.2 Å². The summed E-state index contributed by atoms with van der Waals surface area (Å²) in [5.41, 5.74) is 17.8. The van der Waals surface area contributed by atoms with E-state index >= 15 is 0 Å². The van der Waals surface area contributed by atoms with E-state index in [1.807, 2.05) is 0 Å². The Bertz CT molecular complexity index is 1120. The number of carboxylic acids is 1. The Morgan fingerprint density at radius 2 is 1.79 bits per heavy atom. The number of benzene rings is 2. The minimum absolute atomic E-state index is 0.00491. The third-order valence-electron chi connectivity index (χ3n) is 5.34. The molecule has 0 radical (unpaired) electrons. The maximum Gasteiger partial charge on any atom is 0.336 e. The van der Waals surface area contributed by atoms with Crippen molar-refractivity contribution in [2.75, 3.05) is 6.16 Å². The maximum atomic E-state index is 13.5. The molecule has 0 saturated carbocycles. The van der Waals surface area contributed by atoms with E-state index in [0.29, 0.717) is 5.56 Å². The molecule has 0 saturated heterocycles. The minimum Gasteiger partial charge on any atom is -0.481 e. The topological polar surface area (TPSA) is 191 Å². The zero-order chi connectivity index (χ0) is 25.7. The van der Waals surface area contributed by atoms with E-state index < -0.39 is 42.6 Å². The number of nitrogens with two attached hydrogens (primary N) is 3. The molecule has 0 aliphatic carbocycles. The van der Waals surface area contributed by atoms with Crippen molar-refractivity contribution in [2.24, 2.45) is 28.1 Å². The Labute approximate surface area is 202 Å². The molecule has 0 aromatic heterocycles. The summed E-state index contributed by atoms with van der Waals surface area (Å²) in [5.74, 6) is -5.26. The number of hydrogen-bond acceptors (Lipinski definition) is 6. The van der Waals surface area contributed by atoms with Crippen LogP contribution in [0.2, 0.25) is 5.02 Å². The highest BCUT2D eigenvalue weighted by Crippen LogP contribution is 2.58. The van der Waals surface area contributed by atoms with Gasteiger partial charge in [0.1, 0.15) is 6.61 Å². The van der Waals surface area contributed by atoms with E-state index in [1.54, 1.807) is 30.3 Å². The second-order valence-corrected chi connectivity index (χ2v) is 11.0. The molecule has 184 valence electrons. The lowest BCUT2D eigenvalue weighted by atomic mass is 10.0. The van der Waals surface area contributed by atoms with Crippen molar-refractivity contribution in [2.45, 2.75) is 31.7 Å². The summed E-state index contributed by atoms with van der Waals surface area (Å²) in [6.07, 6.45) is -0.873. The quantitative estimate of drug-likeness (QED) is 0.138. The number of nitrogens with zero attached hydrogens (tertiary/aromatic N) is 1. The van der Waals surface area contributed by atoms with Gasteiger partial charge in [0.2, 0.25) is 7.37 Å². The third-order valence-corrected chi connectivity index (χ3v) is 8.40. The Morgan fingerprint density at radius 1 is 1.18 bits per heavy atom. The Hall–Kier alpha value is -2.91. The van der Waals surface area contributed by atoms with Gasteiger partial charge in [-0.3, -0.25) is 9.36 Å². The summed E-state index contributed by atoms with van der Waals surface area (Å²) in [7, 11) is -4.71. The summed E-state index contributed by atoms with van der Waals surface area (Å²) < 4.78 is 18.8. The number of carbonyl (C=O) groups excluding carboxylic acids is 1. The average molecular weight is 511 g/mol.